The molecular weight excluding hydrogens is 275 g/mol. The zero-order chi connectivity index (χ0) is 15.0. The van der Waals surface area contributed by atoms with Crippen molar-refractivity contribution in [3.8, 4) is 11.8 Å². The molecule has 0 spiro atoms. The van der Waals surface area contributed by atoms with Gasteiger partial charge in [0.15, 0.2) is 0 Å². The maximum absolute atomic E-state index is 13.2. The average Bonchev–Trinajstić information content (AvgIpc) is 2.42. The Kier molecular flexibility index (Phi) is 7.13. The van der Waals surface area contributed by atoms with E-state index in [1.165, 1.54) is 18.2 Å². The Morgan fingerprint density at radius 1 is 1.55 bits per heavy atom. The predicted molar refractivity (Wildman–Crippen MR) is 82.3 cm³/mol. The van der Waals surface area contributed by atoms with Crippen LogP contribution in [-0.2, 0) is 0 Å². The third kappa shape index (κ3) is 5.24. The quantitative estimate of drug-likeness (QED) is 0.817. The van der Waals surface area contributed by atoms with Crippen molar-refractivity contribution in [2.24, 2.45) is 5.73 Å². The van der Waals surface area contributed by atoms with Gasteiger partial charge in [-0.3, -0.25) is 4.79 Å². The fraction of sp³-hybridized carbons (Fsp3) is 0.400. The molecule has 1 aromatic rings. The molecule has 0 saturated carbocycles. The minimum atomic E-state index is -0.419. The Bertz CT molecular complexity index is 522. The number of halogens is 1. The van der Waals surface area contributed by atoms with Gasteiger partial charge < -0.3 is 11.1 Å². The van der Waals surface area contributed by atoms with Crippen LogP contribution in [0.4, 0.5) is 4.39 Å². The summed E-state index contributed by atoms with van der Waals surface area (Å²) in [6, 6.07) is 4.01. The highest BCUT2D eigenvalue weighted by molar-refractivity contribution is 7.99. The fourth-order valence-corrected chi connectivity index (χ4v) is 2.27. The van der Waals surface area contributed by atoms with Gasteiger partial charge in [0.25, 0.3) is 5.91 Å². The summed E-state index contributed by atoms with van der Waals surface area (Å²) in [7, 11) is 0. The maximum atomic E-state index is 13.2. The molecule has 0 saturated heterocycles. The number of nitrogens with one attached hydrogen (secondary N) is 1. The molecule has 0 heterocycles. The van der Waals surface area contributed by atoms with Crippen LogP contribution in [0, 0.1) is 17.7 Å². The lowest BCUT2D eigenvalue weighted by molar-refractivity contribution is 0.0943. The molecular formula is C15H19FN2OS. The van der Waals surface area contributed by atoms with Crippen LogP contribution in [-0.4, -0.2) is 30.0 Å². The summed E-state index contributed by atoms with van der Waals surface area (Å²) < 4.78 is 13.2. The van der Waals surface area contributed by atoms with Crippen LogP contribution in [0.1, 0.15) is 29.8 Å². The Balaban J connectivity index is 2.86. The number of benzene rings is 1. The normalized spacial score (nSPS) is 11.4. The topological polar surface area (TPSA) is 55.1 Å². The first kappa shape index (κ1) is 16.5. The van der Waals surface area contributed by atoms with Crippen molar-refractivity contribution in [3.05, 3.63) is 35.1 Å². The molecule has 1 unspecified atom stereocenters. The second-order valence-corrected chi connectivity index (χ2v) is 5.55. The molecule has 0 aliphatic carbocycles. The summed E-state index contributed by atoms with van der Waals surface area (Å²) in [6.45, 7) is 4.18. The standard InChI is InChI=1S/C15H19FN2OS/c1-3-20-10-11(2)18-15(19)14-7-6-13(16)9-12(14)5-4-8-17/h6-7,9,11H,3,8,10,17H2,1-2H3,(H,18,19). The van der Waals surface area contributed by atoms with Gasteiger partial charge in [-0.2, -0.15) is 11.8 Å². The van der Waals surface area contributed by atoms with E-state index in [0.29, 0.717) is 11.1 Å². The lowest BCUT2D eigenvalue weighted by atomic mass is 10.1. The van der Waals surface area contributed by atoms with Gasteiger partial charge in [0.05, 0.1) is 12.1 Å². The molecule has 3 nitrogen and oxygen atoms in total. The highest BCUT2D eigenvalue weighted by Crippen LogP contribution is 2.11. The number of thioether (sulfide) groups is 1. The number of amides is 1. The van der Waals surface area contributed by atoms with Gasteiger partial charge in [0.2, 0.25) is 0 Å². The zero-order valence-corrected chi connectivity index (χ0v) is 12.5. The Hall–Kier alpha value is -1.51. The van der Waals surface area contributed by atoms with Crippen molar-refractivity contribution in [2.45, 2.75) is 19.9 Å². The second kappa shape index (κ2) is 8.62. The van der Waals surface area contributed by atoms with E-state index in [9.17, 15) is 9.18 Å². The predicted octanol–water partition coefficient (Wildman–Crippen LogP) is 2.01. The van der Waals surface area contributed by atoms with Gasteiger partial charge in [0.1, 0.15) is 5.82 Å². The third-order valence-electron chi connectivity index (χ3n) is 2.50. The van der Waals surface area contributed by atoms with Gasteiger partial charge >= 0.3 is 0 Å². The average molecular weight is 294 g/mol. The van der Waals surface area contributed by atoms with E-state index in [4.69, 9.17) is 5.73 Å². The first-order chi connectivity index (χ1) is 9.58. The molecule has 20 heavy (non-hydrogen) atoms. The highest BCUT2D eigenvalue weighted by atomic mass is 32.2. The fourth-order valence-electron chi connectivity index (χ4n) is 1.60. The van der Waals surface area contributed by atoms with Crippen molar-refractivity contribution in [2.75, 3.05) is 18.1 Å². The van der Waals surface area contributed by atoms with Crippen LogP contribution in [0.2, 0.25) is 0 Å². The Labute approximate surface area is 123 Å². The molecule has 1 amide bonds. The molecule has 0 aromatic heterocycles. The summed E-state index contributed by atoms with van der Waals surface area (Å²) >= 11 is 1.75. The first-order valence-electron chi connectivity index (χ1n) is 6.45. The van der Waals surface area contributed by atoms with Crippen LogP contribution >= 0.6 is 11.8 Å². The monoisotopic (exact) mass is 294 g/mol. The lowest BCUT2D eigenvalue weighted by Gasteiger charge is -2.14. The van der Waals surface area contributed by atoms with E-state index in [1.807, 2.05) is 6.92 Å². The van der Waals surface area contributed by atoms with E-state index in [2.05, 4.69) is 24.1 Å². The molecule has 5 heteroatoms. The van der Waals surface area contributed by atoms with Crippen LogP contribution in [0.15, 0.2) is 18.2 Å². The molecule has 3 N–H and O–H groups in total. The summed E-state index contributed by atoms with van der Waals surface area (Å²) in [4.78, 5) is 12.2. The van der Waals surface area contributed by atoms with E-state index in [1.54, 1.807) is 11.8 Å². The van der Waals surface area contributed by atoms with E-state index < -0.39 is 5.82 Å². The molecule has 0 aliphatic rings. The van der Waals surface area contributed by atoms with Gasteiger partial charge in [-0.25, -0.2) is 4.39 Å². The number of carbonyl (C=O) groups is 1. The van der Waals surface area contributed by atoms with E-state index >= 15 is 0 Å². The molecule has 0 fully saturated rings. The number of rotatable bonds is 5. The summed E-state index contributed by atoms with van der Waals surface area (Å²) in [5.74, 6) is 6.56. The van der Waals surface area contributed by atoms with Crippen molar-refractivity contribution in [3.63, 3.8) is 0 Å². The summed E-state index contributed by atoms with van der Waals surface area (Å²) in [6.07, 6.45) is 0. The summed E-state index contributed by atoms with van der Waals surface area (Å²) in [5, 5.41) is 2.89. The highest BCUT2D eigenvalue weighted by Gasteiger charge is 2.13. The first-order valence-corrected chi connectivity index (χ1v) is 7.61. The molecule has 1 rings (SSSR count). The van der Waals surface area contributed by atoms with Crippen LogP contribution < -0.4 is 11.1 Å². The van der Waals surface area contributed by atoms with Gasteiger partial charge in [-0.05, 0) is 30.9 Å². The van der Waals surface area contributed by atoms with Crippen LogP contribution in [0.3, 0.4) is 0 Å². The SMILES string of the molecule is CCSCC(C)NC(=O)c1ccc(F)cc1C#CCN. The smallest absolute Gasteiger partial charge is 0.252 e. The van der Waals surface area contributed by atoms with E-state index in [0.717, 1.165) is 11.5 Å². The van der Waals surface area contributed by atoms with Gasteiger partial charge in [0, 0.05) is 17.4 Å². The zero-order valence-electron chi connectivity index (χ0n) is 11.7. The molecule has 108 valence electrons. The Morgan fingerprint density at radius 3 is 2.95 bits per heavy atom. The minimum absolute atomic E-state index is 0.0489. The van der Waals surface area contributed by atoms with Crippen molar-refractivity contribution in [1.82, 2.24) is 5.32 Å². The number of nitrogens with two attached hydrogens (primary N) is 1. The van der Waals surface area contributed by atoms with Crippen LogP contribution in [0.5, 0.6) is 0 Å². The van der Waals surface area contributed by atoms with Crippen molar-refractivity contribution in [1.29, 1.82) is 0 Å². The third-order valence-corrected chi connectivity index (χ3v) is 3.64. The molecule has 1 atom stereocenters. The van der Waals surface area contributed by atoms with Gasteiger partial charge in [-0.15, -0.1) is 0 Å². The lowest BCUT2D eigenvalue weighted by Crippen LogP contribution is -2.34. The Morgan fingerprint density at radius 2 is 2.30 bits per heavy atom. The second-order valence-electron chi connectivity index (χ2n) is 4.23. The van der Waals surface area contributed by atoms with Crippen molar-refractivity contribution >= 4 is 17.7 Å². The largest absolute Gasteiger partial charge is 0.349 e. The molecule has 0 aliphatic heterocycles. The maximum Gasteiger partial charge on any atom is 0.252 e. The van der Waals surface area contributed by atoms with Crippen LogP contribution in [0.25, 0.3) is 0 Å². The number of hydrogen-bond acceptors (Lipinski definition) is 3. The number of carbonyl (C=O) groups excluding carboxylic acids is 1. The molecule has 0 radical (unpaired) electrons. The number of hydrogen-bond donors (Lipinski definition) is 2. The molecule has 1 aromatic carbocycles. The van der Waals surface area contributed by atoms with Crippen molar-refractivity contribution < 1.29 is 9.18 Å². The van der Waals surface area contributed by atoms with Gasteiger partial charge in [-0.1, -0.05) is 18.8 Å². The van der Waals surface area contributed by atoms with E-state index in [-0.39, 0.29) is 18.5 Å². The minimum Gasteiger partial charge on any atom is -0.349 e. The molecule has 0 bridgehead atoms. The summed E-state index contributed by atoms with van der Waals surface area (Å²) in [5.41, 5.74) is 6.05.